The van der Waals surface area contributed by atoms with Gasteiger partial charge in [0.15, 0.2) is 5.78 Å². The zero-order valence-electron chi connectivity index (χ0n) is 26.4. The SMILES string of the molecule is CC(C)CC(NC(O)c1ccc(C(C)C)cc1)C(=O)N1CC[C@H]2C(CC(=O)C(c3ccccc3)c3ccccc3)CC(=O)[C@H]21. The molecule has 1 saturated heterocycles. The van der Waals surface area contributed by atoms with E-state index in [0.29, 0.717) is 43.7 Å². The van der Waals surface area contributed by atoms with Gasteiger partial charge in [0.2, 0.25) is 5.91 Å². The van der Waals surface area contributed by atoms with Crippen molar-refractivity contribution in [3.63, 3.8) is 0 Å². The van der Waals surface area contributed by atoms with E-state index in [2.05, 4.69) is 33.0 Å². The quantitative estimate of drug-likeness (QED) is 0.237. The fourth-order valence-corrected chi connectivity index (χ4v) is 7.22. The predicted molar refractivity (Wildman–Crippen MR) is 173 cm³/mol. The molecule has 3 unspecified atom stereocenters. The number of rotatable bonds is 12. The second-order valence-corrected chi connectivity index (χ2v) is 13.4. The molecule has 0 spiro atoms. The van der Waals surface area contributed by atoms with Crippen molar-refractivity contribution in [2.75, 3.05) is 6.54 Å². The Hall–Kier alpha value is -3.61. The Balaban J connectivity index is 1.30. The maximum atomic E-state index is 14.0. The van der Waals surface area contributed by atoms with Gasteiger partial charge in [-0.2, -0.15) is 0 Å². The van der Waals surface area contributed by atoms with Crippen LogP contribution < -0.4 is 5.32 Å². The van der Waals surface area contributed by atoms with Gasteiger partial charge in [0.1, 0.15) is 12.0 Å². The van der Waals surface area contributed by atoms with Crippen molar-refractivity contribution in [3.8, 4) is 0 Å². The number of hydrogen-bond acceptors (Lipinski definition) is 5. The third-order valence-electron chi connectivity index (χ3n) is 9.46. The van der Waals surface area contributed by atoms with E-state index in [-0.39, 0.29) is 41.1 Å². The molecule has 2 aliphatic rings. The van der Waals surface area contributed by atoms with E-state index in [9.17, 15) is 19.5 Å². The molecule has 1 heterocycles. The number of likely N-dealkylation sites (tertiary alicyclic amines) is 1. The molecule has 3 aromatic rings. The number of Topliss-reactive ketones (excluding diaryl/α,β-unsaturated/α-hetero) is 2. The average molecular weight is 595 g/mol. The lowest BCUT2D eigenvalue weighted by atomic mass is 9.81. The van der Waals surface area contributed by atoms with E-state index in [1.807, 2.05) is 84.9 Å². The Labute approximate surface area is 261 Å². The van der Waals surface area contributed by atoms with Gasteiger partial charge in [-0.3, -0.25) is 19.7 Å². The van der Waals surface area contributed by atoms with Crippen molar-refractivity contribution in [2.24, 2.45) is 17.8 Å². The van der Waals surface area contributed by atoms with Gasteiger partial charge in [0.05, 0.1) is 18.0 Å². The van der Waals surface area contributed by atoms with Gasteiger partial charge in [0.25, 0.3) is 0 Å². The van der Waals surface area contributed by atoms with Gasteiger partial charge in [-0.1, -0.05) is 113 Å². The first-order valence-electron chi connectivity index (χ1n) is 16.1. The first kappa shape index (κ1) is 31.8. The van der Waals surface area contributed by atoms with Crippen molar-refractivity contribution in [2.45, 2.75) is 83.5 Å². The molecule has 0 aromatic heterocycles. The van der Waals surface area contributed by atoms with Gasteiger partial charge in [-0.05, 0) is 58.8 Å². The number of aliphatic hydroxyl groups excluding tert-OH is 1. The standard InChI is InChI=1S/C38H46N2O4/c1-24(2)21-32(39-37(43)29-17-15-26(16-18-29)25(3)4)38(44)40-20-19-31-30(23-34(42)36(31)40)22-33(41)35(27-11-7-5-8-12-27)28-13-9-6-10-14-28/h5-18,24-25,30-32,35-37,39,43H,19-23H2,1-4H3/t30?,31-,32?,36-,37?/m0/s1. The summed E-state index contributed by atoms with van der Waals surface area (Å²) in [6.07, 6.45) is 0.866. The molecular formula is C38H46N2O4. The maximum absolute atomic E-state index is 14.0. The van der Waals surface area contributed by atoms with Crippen LogP contribution in [0, 0.1) is 17.8 Å². The highest BCUT2D eigenvalue weighted by Gasteiger charge is 2.52. The predicted octanol–water partition coefficient (Wildman–Crippen LogP) is 6.40. The first-order valence-corrected chi connectivity index (χ1v) is 16.1. The zero-order chi connectivity index (χ0) is 31.4. The van der Waals surface area contributed by atoms with E-state index in [1.54, 1.807) is 4.90 Å². The third-order valence-corrected chi connectivity index (χ3v) is 9.46. The summed E-state index contributed by atoms with van der Waals surface area (Å²) in [5.41, 5.74) is 3.79. The number of hydrogen-bond donors (Lipinski definition) is 2. The second-order valence-electron chi connectivity index (χ2n) is 13.4. The number of nitrogens with one attached hydrogen (secondary N) is 1. The topological polar surface area (TPSA) is 86.7 Å². The monoisotopic (exact) mass is 594 g/mol. The molecule has 0 bridgehead atoms. The Morgan fingerprint density at radius 2 is 1.41 bits per heavy atom. The van der Waals surface area contributed by atoms with Crippen LogP contribution in [0.2, 0.25) is 0 Å². The summed E-state index contributed by atoms with van der Waals surface area (Å²) in [6, 6.07) is 26.3. The average Bonchev–Trinajstić information content (AvgIpc) is 3.59. The van der Waals surface area contributed by atoms with Crippen LogP contribution in [0.5, 0.6) is 0 Å². The van der Waals surface area contributed by atoms with E-state index in [1.165, 1.54) is 5.56 Å². The summed E-state index contributed by atoms with van der Waals surface area (Å²) in [6.45, 7) is 8.84. The van der Waals surface area contributed by atoms with E-state index in [0.717, 1.165) is 11.1 Å². The normalized spacial score (nSPS) is 21.2. The molecule has 2 fully saturated rings. The van der Waals surface area contributed by atoms with E-state index < -0.39 is 18.3 Å². The summed E-state index contributed by atoms with van der Waals surface area (Å²) in [5, 5.41) is 14.2. The number of benzene rings is 3. The highest BCUT2D eigenvalue weighted by atomic mass is 16.3. The smallest absolute Gasteiger partial charge is 0.240 e. The van der Waals surface area contributed by atoms with Gasteiger partial charge >= 0.3 is 0 Å². The van der Waals surface area contributed by atoms with Gasteiger partial charge in [0, 0.05) is 19.4 Å². The highest BCUT2D eigenvalue weighted by Crippen LogP contribution is 2.43. The van der Waals surface area contributed by atoms with Crippen molar-refractivity contribution in [1.82, 2.24) is 10.2 Å². The van der Waals surface area contributed by atoms with Crippen LogP contribution in [0.4, 0.5) is 0 Å². The maximum Gasteiger partial charge on any atom is 0.240 e. The lowest BCUT2D eigenvalue weighted by Crippen LogP contribution is -2.51. The highest BCUT2D eigenvalue weighted by molar-refractivity contribution is 5.95. The molecule has 0 radical (unpaired) electrons. The summed E-state index contributed by atoms with van der Waals surface area (Å²) in [5.74, 6) is 0.0998. The summed E-state index contributed by atoms with van der Waals surface area (Å²) in [4.78, 5) is 43.2. The molecule has 6 nitrogen and oxygen atoms in total. The Morgan fingerprint density at radius 1 is 0.841 bits per heavy atom. The number of nitrogens with zero attached hydrogens (tertiary/aromatic N) is 1. The molecule has 1 aliphatic heterocycles. The third kappa shape index (κ3) is 7.03. The molecule has 3 aromatic carbocycles. The Bertz CT molecular complexity index is 1380. The van der Waals surface area contributed by atoms with Gasteiger partial charge in [-0.15, -0.1) is 0 Å². The van der Waals surface area contributed by atoms with Crippen molar-refractivity contribution >= 4 is 17.5 Å². The number of fused-ring (bicyclic) bond motifs is 1. The number of aliphatic hydroxyl groups is 1. The van der Waals surface area contributed by atoms with E-state index >= 15 is 0 Å². The van der Waals surface area contributed by atoms with Crippen LogP contribution >= 0.6 is 0 Å². The molecular weight excluding hydrogens is 548 g/mol. The van der Waals surface area contributed by atoms with Crippen LogP contribution in [0.1, 0.15) is 93.7 Å². The first-order chi connectivity index (χ1) is 21.1. The van der Waals surface area contributed by atoms with Crippen LogP contribution in [-0.2, 0) is 14.4 Å². The number of ketones is 2. The van der Waals surface area contributed by atoms with Crippen LogP contribution in [-0.4, -0.2) is 46.1 Å². The number of carbonyl (C=O) groups excluding carboxylic acids is 3. The minimum atomic E-state index is -1.00. The Morgan fingerprint density at radius 3 is 1.95 bits per heavy atom. The van der Waals surface area contributed by atoms with Crippen molar-refractivity contribution in [3.05, 3.63) is 107 Å². The van der Waals surface area contributed by atoms with Gasteiger partial charge in [-0.25, -0.2) is 0 Å². The molecule has 44 heavy (non-hydrogen) atoms. The molecule has 5 atom stereocenters. The van der Waals surface area contributed by atoms with Crippen LogP contribution in [0.25, 0.3) is 0 Å². The van der Waals surface area contributed by atoms with Crippen LogP contribution in [0.3, 0.4) is 0 Å². The molecule has 232 valence electrons. The van der Waals surface area contributed by atoms with Gasteiger partial charge < -0.3 is 10.0 Å². The second kappa shape index (κ2) is 14.0. The molecule has 2 N–H and O–H groups in total. The largest absolute Gasteiger partial charge is 0.374 e. The molecule has 1 saturated carbocycles. The van der Waals surface area contributed by atoms with Crippen molar-refractivity contribution in [1.29, 1.82) is 0 Å². The fraction of sp³-hybridized carbons (Fsp3) is 0.447. The fourth-order valence-electron chi connectivity index (χ4n) is 7.22. The summed E-state index contributed by atoms with van der Waals surface area (Å²) in [7, 11) is 0. The Kier molecular flexibility index (Phi) is 10.1. The molecule has 1 aliphatic carbocycles. The van der Waals surface area contributed by atoms with Crippen LogP contribution in [0.15, 0.2) is 84.9 Å². The lowest BCUT2D eigenvalue weighted by Gasteiger charge is -2.31. The minimum absolute atomic E-state index is 0.0317. The zero-order valence-corrected chi connectivity index (χ0v) is 26.4. The minimum Gasteiger partial charge on any atom is -0.374 e. The summed E-state index contributed by atoms with van der Waals surface area (Å²) >= 11 is 0. The number of amides is 1. The molecule has 5 rings (SSSR count). The van der Waals surface area contributed by atoms with Crippen molar-refractivity contribution < 1.29 is 19.5 Å². The number of carbonyl (C=O) groups is 3. The lowest BCUT2D eigenvalue weighted by molar-refractivity contribution is -0.140. The molecule has 1 amide bonds. The molecule has 6 heteroatoms. The summed E-state index contributed by atoms with van der Waals surface area (Å²) < 4.78 is 0. The van der Waals surface area contributed by atoms with E-state index in [4.69, 9.17) is 0 Å².